The first kappa shape index (κ1) is 18.7. The molecule has 0 spiro atoms. The lowest BCUT2D eigenvalue weighted by molar-refractivity contribution is 1.04. The molecule has 152 valence electrons. The van der Waals surface area contributed by atoms with E-state index in [1.54, 1.807) is 0 Å². The van der Waals surface area contributed by atoms with Gasteiger partial charge in [-0.3, -0.25) is 0 Å². The molecule has 32 heavy (non-hydrogen) atoms. The third-order valence-corrected chi connectivity index (χ3v) is 5.76. The molecular weight excluding hydrogens is 416 g/mol. The molecule has 0 fully saturated rings. The summed E-state index contributed by atoms with van der Waals surface area (Å²) in [7, 11) is 0. The molecule has 0 aliphatic heterocycles. The van der Waals surface area contributed by atoms with Gasteiger partial charge in [0.05, 0.1) is 16.7 Å². The molecule has 0 aliphatic rings. The summed E-state index contributed by atoms with van der Waals surface area (Å²) in [6.45, 7) is 0. The Balaban J connectivity index is 1.67. The van der Waals surface area contributed by atoms with Gasteiger partial charge in [0.2, 0.25) is 5.28 Å². The lowest BCUT2D eigenvalue weighted by atomic mass is 10.0. The molecule has 0 aliphatic carbocycles. The number of para-hydroxylation sites is 1. The van der Waals surface area contributed by atoms with Crippen molar-refractivity contribution in [2.45, 2.75) is 0 Å². The van der Waals surface area contributed by atoms with Crippen LogP contribution in [-0.2, 0) is 0 Å². The van der Waals surface area contributed by atoms with Crippen LogP contribution in [0.4, 0.5) is 0 Å². The Bertz CT molecular complexity index is 1570. The van der Waals surface area contributed by atoms with Gasteiger partial charge in [-0.2, -0.15) is 9.97 Å². The molecule has 0 saturated carbocycles. The number of aromatic nitrogens is 4. The number of hydrogen-bond acceptors (Lipinski definition) is 3. The van der Waals surface area contributed by atoms with Crippen LogP contribution in [0.5, 0.6) is 0 Å². The van der Waals surface area contributed by atoms with Crippen LogP contribution in [0.1, 0.15) is 0 Å². The van der Waals surface area contributed by atoms with E-state index in [0.717, 1.165) is 22.3 Å². The Kier molecular flexibility index (Phi) is 4.44. The van der Waals surface area contributed by atoms with Crippen LogP contribution in [0.3, 0.4) is 0 Å². The van der Waals surface area contributed by atoms with Crippen LogP contribution in [0.15, 0.2) is 103 Å². The van der Waals surface area contributed by atoms with Crippen LogP contribution >= 0.6 is 11.6 Å². The van der Waals surface area contributed by atoms with Gasteiger partial charge in [0.15, 0.2) is 11.6 Å². The molecule has 6 rings (SSSR count). The average molecular weight is 433 g/mol. The lowest BCUT2D eigenvalue weighted by Crippen LogP contribution is -2.01. The normalized spacial score (nSPS) is 11.3. The van der Waals surface area contributed by atoms with Crippen molar-refractivity contribution in [3.05, 3.63) is 108 Å². The molecule has 5 heteroatoms. The predicted octanol–water partition coefficient (Wildman–Crippen LogP) is 6.93. The maximum atomic E-state index is 6.35. The van der Waals surface area contributed by atoms with E-state index in [2.05, 4.69) is 69.0 Å². The average Bonchev–Trinajstić information content (AvgIpc) is 3.19. The highest BCUT2D eigenvalue weighted by Gasteiger charge is 2.18. The van der Waals surface area contributed by atoms with Gasteiger partial charge in [-0.15, -0.1) is 0 Å². The zero-order valence-electron chi connectivity index (χ0n) is 17.0. The SMILES string of the molecule is Clc1nc(-c2ccccc2)nc(-c2cccc3c(-c4ccccc4)c4ccccc4n23)n1. The van der Waals surface area contributed by atoms with Crippen LogP contribution in [0.25, 0.3) is 50.5 Å². The molecule has 3 aromatic carbocycles. The second-order valence-corrected chi connectivity index (χ2v) is 7.85. The van der Waals surface area contributed by atoms with Crippen molar-refractivity contribution in [2.75, 3.05) is 0 Å². The highest BCUT2D eigenvalue weighted by Crippen LogP contribution is 2.37. The fourth-order valence-electron chi connectivity index (χ4n) is 4.25. The summed E-state index contributed by atoms with van der Waals surface area (Å²) in [4.78, 5) is 13.6. The summed E-state index contributed by atoms with van der Waals surface area (Å²) >= 11 is 6.35. The molecule has 6 aromatic rings. The van der Waals surface area contributed by atoms with Crippen molar-refractivity contribution < 1.29 is 0 Å². The summed E-state index contributed by atoms with van der Waals surface area (Å²) in [6.07, 6.45) is 0. The fraction of sp³-hybridized carbons (Fsp3) is 0. The number of halogens is 1. The van der Waals surface area contributed by atoms with Crippen LogP contribution < -0.4 is 0 Å². The number of rotatable bonds is 3. The van der Waals surface area contributed by atoms with Crippen molar-refractivity contribution in [3.63, 3.8) is 0 Å². The van der Waals surface area contributed by atoms with E-state index in [0.29, 0.717) is 11.6 Å². The van der Waals surface area contributed by atoms with Gasteiger partial charge in [-0.25, -0.2) is 4.98 Å². The molecule has 0 saturated heterocycles. The van der Waals surface area contributed by atoms with Gasteiger partial charge in [-0.05, 0) is 35.4 Å². The molecule has 3 heterocycles. The fourth-order valence-corrected chi connectivity index (χ4v) is 4.41. The summed E-state index contributed by atoms with van der Waals surface area (Å²) in [5.74, 6) is 1.09. The smallest absolute Gasteiger partial charge is 0.226 e. The minimum atomic E-state index is 0.172. The van der Waals surface area contributed by atoms with Gasteiger partial charge in [-0.1, -0.05) is 84.9 Å². The van der Waals surface area contributed by atoms with Crippen LogP contribution in [0.2, 0.25) is 5.28 Å². The number of fused-ring (bicyclic) bond motifs is 3. The van der Waals surface area contributed by atoms with E-state index < -0.39 is 0 Å². The molecule has 0 N–H and O–H groups in total. The lowest BCUT2D eigenvalue weighted by Gasteiger charge is -2.09. The van der Waals surface area contributed by atoms with Crippen molar-refractivity contribution >= 4 is 28.0 Å². The van der Waals surface area contributed by atoms with Gasteiger partial charge >= 0.3 is 0 Å². The molecule has 0 atom stereocenters. The predicted molar refractivity (Wildman–Crippen MR) is 130 cm³/mol. The number of nitrogens with zero attached hydrogens (tertiary/aromatic N) is 4. The second kappa shape index (κ2) is 7.59. The minimum Gasteiger partial charge on any atom is -0.306 e. The van der Waals surface area contributed by atoms with E-state index in [9.17, 15) is 0 Å². The highest BCUT2D eigenvalue weighted by molar-refractivity contribution is 6.28. The molecule has 0 radical (unpaired) electrons. The zero-order chi connectivity index (χ0) is 21.5. The van der Waals surface area contributed by atoms with E-state index in [1.165, 1.54) is 16.5 Å². The first-order valence-electron chi connectivity index (χ1n) is 10.3. The molecule has 4 nitrogen and oxygen atoms in total. The maximum absolute atomic E-state index is 6.35. The number of hydrogen-bond donors (Lipinski definition) is 0. The van der Waals surface area contributed by atoms with Crippen molar-refractivity contribution in [3.8, 4) is 34.0 Å². The molecule has 0 amide bonds. The topological polar surface area (TPSA) is 43.1 Å². The van der Waals surface area contributed by atoms with Crippen LogP contribution in [0, 0.1) is 0 Å². The zero-order valence-corrected chi connectivity index (χ0v) is 17.7. The summed E-state index contributed by atoms with van der Waals surface area (Å²) in [6, 6.07) is 34.9. The number of benzene rings is 3. The molecule has 0 bridgehead atoms. The summed E-state index contributed by atoms with van der Waals surface area (Å²) in [5, 5.41) is 1.35. The second-order valence-electron chi connectivity index (χ2n) is 7.51. The largest absolute Gasteiger partial charge is 0.306 e. The van der Waals surface area contributed by atoms with E-state index in [4.69, 9.17) is 16.6 Å². The van der Waals surface area contributed by atoms with Gasteiger partial charge in [0, 0.05) is 16.5 Å². The standard InChI is InChI=1S/C27H17ClN4/c28-27-30-25(19-12-5-2-6-13-19)29-26(31-27)23-17-9-16-22-24(18-10-3-1-4-11-18)20-14-7-8-15-21(20)32(22)23/h1-17H. The quantitative estimate of drug-likeness (QED) is 0.304. The Morgan fingerprint density at radius 2 is 1.16 bits per heavy atom. The van der Waals surface area contributed by atoms with E-state index in [-0.39, 0.29) is 5.28 Å². The van der Waals surface area contributed by atoms with Crippen LogP contribution in [-0.4, -0.2) is 19.4 Å². The monoisotopic (exact) mass is 432 g/mol. The third kappa shape index (κ3) is 3.04. The van der Waals surface area contributed by atoms with Crippen molar-refractivity contribution in [2.24, 2.45) is 0 Å². The molecular formula is C27H17ClN4. The van der Waals surface area contributed by atoms with E-state index in [1.807, 2.05) is 48.5 Å². The highest BCUT2D eigenvalue weighted by atomic mass is 35.5. The molecule has 3 aromatic heterocycles. The summed E-state index contributed by atoms with van der Waals surface area (Å²) < 4.78 is 2.21. The Morgan fingerprint density at radius 3 is 1.94 bits per heavy atom. The summed E-state index contributed by atoms with van der Waals surface area (Å²) in [5.41, 5.74) is 6.30. The Morgan fingerprint density at radius 1 is 0.531 bits per heavy atom. The maximum Gasteiger partial charge on any atom is 0.226 e. The minimum absolute atomic E-state index is 0.172. The van der Waals surface area contributed by atoms with Gasteiger partial charge in [0.1, 0.15) is 0 Å². The third-order valence-electron chi connectivity index (χ3n) is 5.59. The first-order chi connectivity index (χ1) is 15.8. The Hall–Kier alpha value is -4.02. The van der Waals surface area contributed by atoms with Crippen molar-refractivity contribution in [1.29, 1.82) is 0 Å². The molecule has 0 unspecified atom stereocenters. The van der Waals surface area contributed by atoms with Crippen molar-refractivity contribution in [1.82, 2.24) is 19.4 Å². The Labute approximate surface area is 189 Å². The van der Waals surface area contributed by atoms with E-state index >= 15 is 0 Å². The van der Waals surface area contributed by atoms with Gasteiger partial charge < -0.3 is 4.40 Å². The van der Waals surface area contributed by atoms with Gasteiger partial charge in [0.25, 0.3) is 0 Å². The number of pyridine rings is 1. The first-order valence-corrected chi connectivity index (χ1v) is 10.7.